The molecule has 1 saturated heterocycles. The fourth-order valence-corrected chi connectivity index (χ4v) is 3.81. The summed E-state index contributed by atoms with van der Waals surface area (Å²) in [6.45, 7) is 2.79. The highest BCUT2D eigenvalue weighted by molar-refractivity contribution is 6.33. The summed E-state index contributed by atoms with van der Waals surface area (Å²) in [5.41, 5.74) is -0.446. The zero-order chi connectivity index (χ0) is 22.6. The summed E-state index contributed by atoms with van der Waals surface area (Å²) in [4.78, 5) is 34.1. The number of amides is 1. The third kappa shape index (κ3) is 5.94. The van der Waals surface area contributed by atoms with Gasteiger partial charge in [-0.05, 0) is 37.0 Å². The zero-order valence-corrected chi connectivity index (χ0v) is 17.6. The van der Waals surface area contributed by atoms with Gasteiger partial charge in [0.25, 0.3) is 0 Å². The molecule has 1 atom stereocenters. The maximum absolute atomic E-state index is 12.8. The molecule has 1 N–H and O–H groups in total. The van der Waals surface area contributed by atoms with Crippen molar-refractivity contribution < 1.29 is 22.8 Å². The van der Waals surface area contributed by atoms with Crippen LogP contribution in [0.5, 0.6) is 0 Å². The highest BCUT2D eigenvalue weighted by Crippen LogP contribution is 2.35. The topological polar surface area (TPSA) is 75.2 Å². The van der Waals surface area contributed by atoms with Gasteiger partial charge in [0.15, 0.2) is 5.78 Å². The Morgan fingerprint density at radius 3 is 2.74 bits per heavy atom. The molecule has 3 heterocycles. The Labute approximate surface area is 182 Å². The third-order valence-electron chi connectivity index (χ3n) is 5.11. The number of nitrogens with one attached hydrogen (secondary N) is 1. The number of piperidine rings is 1. The lowest BCUT2D eigenvalue weighted by atomic mass is 9.91. The van der Waals surface area contributed by atoms with Crippen LogP contribution < -0.4 is 10.2 Å². The van der Waals surface area contributed by atoms with Gasteiger partial charge in [0.05, 0.1) is 10.6 Å². The number of halogens is 4. The molecular formula is C21H22ClF3N4O2. The molecule has 0 unspecified atom stereocenters. The van der Waals surface area contributed by atoms with E-state index in [1.165, 1.54) is 6.20 Å². The van der Waals surface area contributed by atoms with Gasteiger partial charge in [-0.15, -0.1) is 0 Å². The van der Waals surface area contributed by atoms with E-state index in [-0.39, 0.29) is 29.1 Å². The molecule has 2 aromatic heterocycles. The lowest BCUT2D eigenvalue weighted by Crippen LogP contribution is -2.37. The number of Topliss-reactive ketones (excluding diaryl/α,β-unsaturated/α-hetero) is 1. The van der Waals surface area contributed by atoms with Crippen molar-refractivity contribution in [3.05, 3.63) is 46.7 Å². The first-order valence-corrected chi connectivity index (χ1v) is 10.3. The normalized spacial score (nSPS) is 16.8. The Kier molecular flexibility index (Phi) is 7.15. The predicted molar refractivity (Wildman–Crippen MR) is 111 cm³/mol. The van der Waals surface area contributed by atoms with Gasteiger partial charge >= 0.3 is 6.18 Å². The lowest BCUT2D eigenvalue weighted by Gasteiger charge is -2.34. The van der Waals surface area contributed by atoms with Gasteiger partial charge < -0.3 is 10.2 Å². The average molecular weight is 455 g/mol. The molecule has 0 spiro atoms. The van der Waals surface area contributed by atoms with E-state index in [9.17, 15) is 22.8 Å². The van der Waals surface area contributed by atoms with Crippen molar-refractivity contribution >= 4 is 34.9 Å². The van der Waals surface area contributed by atoms with E-state index < -0.39 is 11.7 Å². The molecule has 0 bridgehead atoms. The fraction of sp³-hybridized carbons (Fsp3) is 0.429. The summed E-state index contributed by atoms with van der Waals surface area (Å²) in [5, 5.41) is 2.56. The molecule has 0 radical (unpaired) electrons. The number of ketones is 1. The maximum atomic E-state index is 12.8. The molecule has 10 heteroatoms. The molecule has 0 aromatic carbocycles. The van der Waals surface area contributed by atoms with Crippen molar-refractivity contribution in [3.8, 4) is 0 Å². The molecule has 3 rings (SSSR count). The molecule has 166 valence electrons. The van der Waals surface area contributed by atoms with Crippen molar-refractivity contribution in [3.63, 3.8) is 0 Å². The van der Waals surface area contributed by atoms with Crippen LogP contribution in [-0.4, -0.2) is 34.7 Å². The van der Waals surface area contributed by atoms with Gasteiger partial charge in [0, 0.05) is 43.9 Å². The Balaban J connectivity index is 1.67. The van der Waals surface area contributed by atoms with Gasteiger partial charge in [-0.1, -0.05) is 18.5 Å². The minimum absolute atomic E-state index is 0.00302. The number of rotatable bonds is 6. The van der Waals surface area contributed by atoms with Crippen LogP contribution in [-0.2, 0) is 11.0 Å². The van der Waals surface area contributed by atoms with Gasteiger partial charge in [-0.2, -0.15) is 13.2 Å². The van der Waals surface area contributed by atoms with Crippen LogP contribution in [0.2, 0.25) is 5.02 Å². The van der Waals surface area contributed by atoms with E-state index in [1.54, 1.807) is 19.1 Å². The fourth-order valence-electron chi connectivity index (χ4n) is 3.53. The van der Waals surface area contributed by atoms with E-state index in [1.807, 2.05) is 4.90 Å². The first kappa shape index (κ1) is 23.0. The highest BCUT2D eigenvalue weighted by Gasteiger charge is 2.32. The largest absolute Gasteiger partial charge is 0.417 e. The lowest BCUT2D eigenvalue weighted by molar-refractivity contribution is -0.137. The standard InChI is InChI=1S/C21H22ClF3N4O2/c1-2-19(31)28-18-9-14(5-6-26-18)17(30)8-13-4-3-7-29(12-13)20-16(22)10-15(11-27-20)21(23,24)25/h5-6,9-11,13H,2-4,7-8,12H2,1H3,(H,26,28,31)/t13-/m0/s1. The van der Waals surface area contributed by atoms with Crippen molar-refractivity contribution in [1.29, 1.82) is 0 Å². The van der Waals surface area contributed by atoms with Crippen LogP contribution in [0.1, 0.15) is 48.5 Å². The number of hydrogen-bond acceptors (Lipinski definition) is 5. The molecule has 1 amide bonds. The maximum Gasteiger partial charge on any atom is 0.417 e. The second kappa shape index (κ2) is 9.64. The van der Waals surface area contributed by atoms with Crippen molar-refractivity contribution in [2.24, 2.45) is 5.92 Å². The average Bonchev–Trinajstić information content (AvgIpc) is 2.73. The minimum Gasteiger partial charge on any atom is -0.355 e. The number of alkyl halides is 3. The van der Waals surface area contributed by atoms with Gasteiger partial charge in [-0.3, -0.25) is 9.59 Å². The molecule has 1 fully saturated rings. The monoisotopic (exact) mass is 454 g/mol. The quantitative estimate of drug-likeness (QED) is 0.622. The second-order valence-corrected chi connectivity index (χ2v) is 7.85. The van der Waals surface area contributed by atoms with Crippen molar-refractivity contribution in [2.75, 3.05) is 23.3 Å². The van der Waals surface area contributed by atoms with Crippen LogP contribution in [0.4, 0.5) is 24.8 Å². The third-order valence-corrected chi connectivity index (χ3v) is 5.39. The highest BCUT2D eigenvalue weighted by atomic mass is 35.5. The SMILES string of the molecule is CCC(=O)Nc1cc(C(=O)C[C@@H]2CCCN(c3ncc(C(F)(F)F)cc3Cl)C2)ccn1. The summed E-state index contributed by atoms with van der Waals surface area (Å²) < 4.78 is 38.5. The molecule has 1 aliphatic heterocycles. The first-order chi connectivity index (χ1) is 14.7. The van der Waals surface area contributed by atoms with Crippen LogP contribution >= 0.6 is 11.6 Å². The number of pyridine rings is 2. The van der Waals surface area contributed by atoms with Crippen LogP contribution in [0.3, 0.4) is 0 Å². The van der Waals surface area contributed by atoms with Gasteiger partial charge in [0.2, 0.25) is 5.91 Å². The number of carbonyl (C=O) groups is 2. The van der Waals surface area contributed by atoms with Crippen molar-refractivity contribution in [1.82, 2.24) is 9.97 Å². The Morgan fingerprint density at radius 2 is 2.06 bits per heavy atom. The van der Waals surface area contributed by atoms with E-state index in [0.29, 0.717) is 36.7 Å². The molecular weight excluding hydrogens is 433 g/mol. The summed E-state index contributed by atoms with van der Waals surface area (Å²) in [7, 11) is 0. The van der Waals surface area contributed by atoms with Crippen LogP contribution in [0.25, 0.3) is 0 Å². The van der Waals surface area contributed by atoms with E-state index in [2.05, 4.69) is 15.3 Å². The Hall–Kier alpha value is -2.68. The summed E-state index contributed by atoms with van der Waals surface area (Å²) >= 11 is 6.08. The van der Waals surface area contributed by atoms with E-state index in [4.69, 9.17) is 11.6 Å². The minimum atomic E-state index is -4.51. The predicted octanol–water partition coefficient (Wildman–Crippen LogP) is 4.99. The molecule has 0 saturated carbocycles. The van der Waals surface area contributed by atoms with Crippen LogP contribution in [0, 0.1) is 5.92 Å². The van der Waals surface area contributed by atoms with Gasteiger partial charge in [0.1, 0.15) is 11.6 Å². The number of nitrogens with zero attached hydrogens (tertiary/aromatic N) is 3. The second-order valence-electron chi connectivity index (χ2n) is 7.44. The molecule has 31 heavy (non-hydrogen) atoms. The smallest absolute Gasteiger partial charge is 0.355 e. The van der Waals surface area contributed by atoms with Crippen LogP contribution in [0.15, 0.2) is 30.6 Å². The molecule has 6 nitrogen and oxygen atoms in total. The summed E-state index contributed by atoms with van der Waals surface area (Å²) in [6, 6.07) is 4.02. The first-order valence-electron chi connectivity index (χ1n) is 9.94. The van der Waals surface area contributed by atoms with E-state index in [0.717, 1.165) is 25.1 Å². The summed E-state index contributed by atoms with van der Waals surface area (Å²) in [6.07, 6.45) is -0.114. The number of aromatic nitrogens is 2. The zero-order valence-electron chi connectivity index (χ0n) is 16.9. The number of hydrogen-bond donors (Lipinski definition) is 1. The Bertz CT molecular complexity index is 968. The Morgan fingerprint density at radius 1 is 1.29 bits per heavy atom. The van der Waals surface area contributed by atoms with Crippen molar-refractivity contribution in [2.45, 2.75) is 38.8 Å². The van der Waals surface area contributed by atoms with Gasteiger partial charge in [-0.25, -0.2) is 9.97 Å². The number of anilines is 2. The molecule has 1 aliphatic rings. The summed E-state index contributed by atoms with van der Waals surface area (Å²) in [5.74, 6) is 0.334. The van der Waals surface area contributed by atoms with E-state index >= 15 is 0 Å². The molecule has 0 aliphatic carbocycles. The molecule has 2 aromatic rings. The number of carbonyl (C=O) groups excluding carboxylic acids is 2.